The van der Waals surface area contributed by atoms with Crippen LogP contribution in [0.15, 0.2) is 61.9 Å². The molecule has 3 rings (SSSR count). The molecule has 2 aromatic rings. The number of benzene rings is 1. The summed E-state index contributed by atoms with van der Waals surface area (Å²) in [5.74, 6) is 0.887. The minimum atomic E-state index is -3.91. The number of hydrogen-bond acceptors (Lipinski definition) is 7. The summed E-state index contributed by atoms with van der Waals surface area (Å²) >= 11 is 2.10. The number of thiophene rings is 1. The number of ether oxygens (including phenoxy) is 2. The predicted octanol–water partition coefficient (Wildman–Crippen LogP) is 5.95. The van der Waals surface area contributed by atoms with Crippen LogP contribution in [0.4, 0.5) is 0 Å². The minimum Gasteiger partial charge on any atom is -0.493 e. The van der Waals surface area contributed by atoms with E-state index in [0.29, 0.717) is 23.0 Å². The number of carbonyl (C=O) groups is 1. The monoisotopic (exact) mass is 534 g/mol. The van der Waals surface area contributed by atoms with Gasteiger partial charge < -0.3 is 9.47 Å². The summed E-state index contributed by atoms with van der Waals surface area (Å²) in [5, 5.41) is 1.77. The molecule has 1 fully saturated rings. The molecular weight excluding hydrogens is 504 g/mol. The smallest absolute Gasteiger partial charge is 0.294 e. The van der Waals surface area contributed by atoms with Crippen molar-refractivity contribution in [1.82, 2.24) is 4.90 Å². The van der Waals surface area contributed by atoms with Crippen LogP contribution in [0.5, 0.6) is 11.5 Å². The fraction of sp³-hybridized carbons (Fsp3) is 0.360. The molecule has 1 aromatic carbocycles. The molecule has 1 saturated heterocycles. The van der Waals surface area contributed by atoms with Crippen LogP contribution < -0.4 is 9.47 Å². The fourth-order valence-corrected chi connectivity index (χ4v) is 6.52. The van der Waals surface area contributed by atoms with E-state index in [9.17, 15) is 13.2 Å². The average Bonchev–Trinajstić information content (AvgIpc) is 3.48. The zero-order chi connectivity index (χ0) is 25.3. The van der Waals surface area contributed by atoms with Gasteiger partial charge in [-0.25, -0.2) is 0 Å². The van der Waals surface area contributed by atoms with Crippen molar-refractivity contribution in [3.63, 3.8) is 0 Å². The van der Waals surface area contributed by atoms with Crippen molar-refractivity contribution in [3.05, 3.63) is 58.8 Å². The number of sulfonamides is 1. The van der Waals surface area contributed by atoms with Crippen LogP contribution in [-0.2, 0) is 14.8 Å². The van der Waals surface area contributed by atoms with Gasteiger partial charge in [-0.05, 0) is 53.4 Å². The number of nitrogens with zero attached hydrogens (tertiary/aromatic N) is 2. The van der Waals surface area contributed by atoms with Gasteiger partial charge in [0.2, 0.25) is 0 Å². The Bertz CT molecular complexity index is 1190. The summed E-state index contributed by atoms with van der Waals surface area (Å²) in [6, 6.07) is 8.57. The van der Waals surface area contributed by atoms with Crippen molar-refractivity contribution in [1.29, 1.82) is 0 Å². The van der Waals surface area contributed by atoms with E-state index in [0.717, 1.165) is 41.5 Å². The van der Waals surface area contributed by atoms with Crippen LogP contribution in [0.1, 0.15) is 44.6 Å². The van der Waals surface area contributed by atoms with Crippen LogP contribution in [0, 0.1) is 0 Å². The van der Waals surface area contributed by atoms with Gasteiger partial charge in [0.15, 0.2) is 16.7 Å². The lowest BCUT2D eigenvalue weighted by Crippen LogP contribution is -2.29. The number of rotatable bonds is 13. The molecule has 1 amide bonds. The van der Waals surface area contributed by atoms with E-state index in [1.807, 2.05) is 12.1 Å². The first kappa shape index (κ1) is 27.0. The standard InChI is InChI=1S/C25H30N2O5S3/c1-4-6-7-8-9-15-32-21-17-19(12-13-20(21)31-3)18-22-24(28)27(14-5-2)25(34-22)26-35(29,30)23-11-10-16-33-23/h5,10-13,16-18H,2,4,6-9,14-15H2,1,3H3/b22-18-,26-25?. The van der Waals surface area contributed by atoms with E-state index in [4.69, 9.17) is 9.47 Å². The number of thioether (sulfide) groups is 1. The van der Waals surface area contributed by atoms with Crippen molar-refractivity contribution in [3.8, 4) is 11.5 Å². The van der Waals surface area contributed by atoms with Gasteiger partial charge in [-0.2, -0.15) is 8.42 Å². The van der Waals surface area contributed by atoms with Gasteiger partial charge in [-0.15, -0.1) is 22.3 Å². The summed E-state index contributed by atoms with van der Waals surface area (Å²) in [7, 11) is -2.33. The third-order valence-corrected chi connectivity index (χ3v) is 8.90. The largest absolute Gasteiger partial charge is 0.493 e. The topological polar surface area (TPSA) is 85.3 Å². The van der Waals surface area contributed by atoms with Gasteiger partial charge in [0.25, 0.3) is 15.9 Å². The van der Waals surface area contributed by atoms with Gasteiger partial charge in [0, 0.05) is 6.54 Å². The van der Waals surface area contributed by atoms with Crippen LogP contribution >= 0.6 is 23.1 Å². The quantitative estimate of drug-likeness (QED) is 0.179. The molecule has 188 valence electrons. The van der Waals surface area contributed by atoms with Crippen molar-refractivity contribution in [2.75, 3.05) is 20.3 Å². The highest BCUT2D eigenvalue weighted by Crippen LogP contribution is 2.36. The van der Waals surface area contributed by atoms with E-state index in [1.54, 1.807) is 30.7 Å². The van der Waals surface area contributed by atoms with E-state index in [2.05, 4.69) is 17.9 Å². The molecule has 2 heterocycles. The molecule has 10 heteroatoms. The summed E-state index contributed by atoms with van der Waals surface area (Å²) in [6.45, 7) is 6.59. The number of hydrogen-bond donors (Lipinski definition) is 0. The molecular formula is C25H30N2O5S3. The van der Waals surface area contributed by atoms with Crippen molar-refractivity contribution in [2.45, 2.75) is 43.2 Å². The van der Waals surface area contributed by atoms with E-state index >= 15 is 0 Å². The zero-order valence-electron chi connectivity index (χ0n) is 19.9. The number of carbonyl (C=O) groups excluding carboxylic acids is 1. The molecule has 0 spiro atoms. The summed E-state index contributed by atoms with van der Waals surface area (Å²) in [5.41, 5.74) is 0.739. The maximum absolute atomic E-state index is 13.0. The summed E-state index contributed by atoms with van der Waals surface area (Å²) < 4.78 is 40.8. The van der Waals surface area contributed by atoms with Gasteiger partial charge in [-0.1, -0.05) is 50.8 Å². The second-order valence-corrected chi connectivity index (χ2v) is 11.6. The number of methoxy groups -OCH3 is 1. The Morgan fingerprint density at radius 1 is 1.14 bits per heavy atom. The highest BCUT2D eigenvalue weighted by molar-refractivity contribution is 8.19. The Kier molecular flexibility index (Phi) is 10.00. The molecule has 0 saturated carbocycles. The number of amidine groups is 1. The third kappa shape index (κ3) is 7.22. The zero-order valence-corrected chi connectivity index (χ0v) is 22.4. The molecule has 7 nitrogen and oxygen atoms in total. The van der Waals surface area contributed by atoms with Crippen molar-refractivity contribution >= 4 is 50.3 Å². The number of amides is 1. The van der Waals surface area contributed by atoms with Crippen molar-refractivity contribution < 1.29 is 22.7 Å². The van der Waals surface area contributed by atoms with Gasteiger partial charge >= 0.3 is 0 Å². The third-order valence-electron chi connectivity index (χ3n) is 5.14. The van der Waals surface area contributed by atoms with Crippen LogP contribution in [0.2, 0.25) is 0 Å². The normalized spacial score (nSPS) is 16.3. The first-order valence-electron chi connectivity index (χ1n) is 11.4. The maximum atomic E-state index is 13.0. The van der Waals surface area contributed by atoms with Gasteiger partial charge in [0.1, 0.15) is 4.21 Å². The Labute approximate surface area is 215 Å². The molecule has 1 aliphatic heterocycles. The summed E-state index contributed by atoms with van der Waals surface area (Å²) in [4.78, 5) is 14.7. The van der Waals surface area contributed by atoms with Gasteiger partial charge in [-0.3, -0.25) is 9.69 Å². The fourth-order valence-electron chi connectivity index (χ4n) is 3.36. The van der Waals surface area contributed by atoms with Crippen molar-refractivity contribution in [2.24, 2.45) is 4.40 Å². The Morgan fingerprint density at radius 2 is 1.94 bits per heavy atom. The first-order valence-corrected chi connectivity index (χ1v) is 14.5. The first-order chi connectivity index (χ1) is 16.9. The molecule has 0 aliphatic carbocycles. The minimum absolute atomic E-state index is 0.103. The average molecular weight is 535 g/mol. The lowest BCUT2D eigenvalue weighted by molar-refractivity contribution is -0.121. The lowest BCUT2D eigenvalue weighted by Gasteiger charge is -2.12. The maximum Gasteiger partial charge on any atom is 0.294 e. The van der Waals surface area contributed by atoms with E-state index in [-0.39, 0.29) is 21.8 Å². The molecule has 35 heavy (non-hydrogen) atoms. The van der Waals surface area contributed by atoms with E-state index < -0.39 is 10.0 Å². The highest BCUT2D eigenvalue weighted by Gasteiger charge is 2.34. The Balaban J connectivity index is 1.82. The summed E-state index contributed by atoms with van der Waals surface area (Å²) in [6.07, 6.45) is 8.92. The molecule has 0 N–H and O–H groups in total. The molecule has 0 atom stereocenters. The van der Waals surface area contributed by atoms with Crippen LogP contribution in [0.3, 0.4) is 0 Å². The molecule has 0 bridgehead atoms. The lowest BCUT2D eigenvalue weighted by atomic mass is 10.1. The Hall–Kier alpha value is -2.56. The molecule has 0 unspecified atom stereocenters. The van der Waals surface area contributed by atoms with Crippen LogP contribution in [0.25, 0.3) is 6.08 Å². The molecule has 0 radical (unpaired) electrons. The van der Waals surface area contributed by atoms with Gasteiger partial charge in [0.05, 0.1) is 18.6 Å². The molecule has 1 aliphatic rings. The second kappa shape index (κ2) is 12.9. The number of unbranched alkanes of at least 4 members (excludes halogenated alkanes) is 4. The Morgan fingerprint density at radius 3 is 2.63 bits per heavy atom. The van der Waals surface area contributed by atoms with Crippen LogP contribution in [-0.4, -0.2) is 44.7 Å². The van der Waals surface area contributed by atoms with E-state index in [1.165, 1.54) is 36.3 Å². The molecule has 1 aromatic heterocycles. The SMILES string of the molecule is C=CCN1C(=O)/C(=C/c2ccc(OC)c(OCCCCCCC)c2)SC1=NS(=O)(=O)c1cccs1. The second-order valence-electron chi connectivity index (χ2n) is 7.77. The highest BCUT2D eigenvalue weighted by atomic mass is 32.2. The predicted molar refractivity (Wildman–Crippen MR) is 144 cm³/mol.